The third-order valence-electron chi connectivity index (χ3n) is 5.52. The molecule has 4 aromatic carbocycles. The summed E-state index contributed by atoms with van der Waals surface area (Å²) in [6.45, 7) is 1.59. The summed E-state index contributed by atoms with van der Waals surface area (Å²) in [5.74, 6) is 1.94. The zero-order valence-electron chi connectivity index (χ0n) is 17.6. The van der Waals surface area contributed by atoms with E-state index in [-0.39, 0.29) is 0 Å². The van der Waals surface area contributed by atoms with Crippen molar-refractivity contribution in [2.24, 2.45) is 0 Å². The van der Waals surface area contributed by atoms with Gasteiger partial charge in [-0.05, 0) is 58.7 Å². The summed E-state index contributed by atoms with van der Waals surface area (Å²) in [6.07, 6.45) is 7.19. The van der Waals surface area contributed by atoms with Crippen molar-refractivity contribution in [3.05, 3.63) is 84.9 Å². The van der Waals surface area contributed by atoms with Crippen molar-refractivity contribution < 1.29 is 9.47 Å². The molecule has 0 saturated carbocycles. The summed E-state index contributed by atoms with van der Waals surface area (Å²) in [5.41, 5.74) is 0. The maximum Gasteiger partial charge on any atom is 0.119 e. The van der Waals surface area contributed by atoms with E-state index < -0.39 is 0 Å². The first-order valence-electron chi connectivity index (χ1n) is 11.1. The van der Waals surface area contributed by atoms with Crippen molar-refractivity contribution in [3.63, 3.8) is 0 Å². The monoisotopic (exact) mass is 398 g/mol. The SMILES string of the molecule is c1ccc2cc(OCCCCCCCCOc3ccc4ccccc4c3)ccc2c1. The Morgan fingerprint density at radius 3 is 1.27 bits per heavy atom. The number of rotatable bonds is 11. The Labute approximate surface area is 179 Å². The van der Waals surface area contributed by atoms with Crippen molar-refractivity contribution >= 4 is 21.5 Å². The standard InChI is InChI=1S/C28H30O2/c1(3-9-19-29-27-17-15-23-11-5-7-13-25(23)21-27)2-4-10-20-30-28-18-16-24-12-6-8-14-26(24)22-28/h5-8,11-18,21-22H,1-4,9-10,19-20H2. The normalized spacial score (nSPS) is 11.1. The van der Waals surface area contributed by atoms with Crippen molar-refractivity contribution in [1.29, 1.82) is 0 Å². The van der Waals surface area contributed by atoms with Gasteiger partial charge in [-0.1, -0.05) is 86.3 Å². The fourth-order valence-corrected chi connectivity index (χ4v) is 3.81. The number of unbranched alkanes of at least 4 members (excludes halogenated alkanes) is 5. The van der Waals surface area contributed by atoms with Gasteiger partial charge in [0.05, 0.1) is 13.2 Å². The minimum absolute atomic E-state index is 0.795. The van der Waals surface area contributed by atoms with Crippen LogP contribution in [0.3, 0.4) is 0 Å². The molecule has 0 aromatic heterocycles. The molecular weight excluding hydrogens is 368 g/mol. The highest BCUT2D eigenvalue weighted by atomic mass is 16.5. The van der Waals surface area contributed by atoms with E-state index >= 15 is 0 Å². The second-order valence-electron chi connectivity index (χ2n) is 7.84. The van der Waals surface area contributed by atoms with Gasteiger partial charge in [0.2, 0.25) is 0 Å². The van der Waals surface area contributed by atoms with E-state index in [1.54, 1.807) is 0 Å². The lowest BCUT2D eigenvalue weighted by atomic mass is 10.1. The van der Waals surface area contributed by atoms with Crippen LogP contribution in [0.2, 0.25) is 0 Å². The Hall–Kier alpha value is -3.00. The van der Waals surface area contributed by atoms with Gasteiger partial charge in [0, 0.05) is 0 Å². The van der Waals surface area contributed by atoms with Gasteiger partial charge in [-0.2, -0.15) is 0 Å². The number of ether oxygens (including phenoxy) is 2. The van der Waals surface area contributed by atoms with Crippen LogP contribution in [0.4, 0.5) is 0 Å². The van der Waals surface area contributed by atoms with Crippen LogP contribution < -0.4 is 9.47 Å². The summed E-state index contributed by atoms with van der Waals surface area (Å²) in [6, 6.07) is 29.4. The highest BCUT2D eigenvalue weighted by Gasteiger charge is 1.99. The molecule has 30 heavy (non-hydrogen) atoms. The molecule has 0 heterocycles. The molecule has 0 N–H and O–H groups in total. The largest absolute Gasteiger partial charge is 0.494 e. The molecular formula is C28H30O2. The van der Waals surface area contributed by atoms with E-state index in [1.807, 2.05) is 0 Å². The third kappa shape index (κ3) is 5.76. The second-order valence-corrected chi connectivity index (χ2v) is 7.84. The second kappa shape index (κ2) is 10.7. The summed E-state index contributed by atoms with van der Waals surface area (Å²) >= 11 is 0. The first kappa shape index (κ1) is 20.3. The summed E-state index contributed by atoms with van der Waals surface area (Å²) < 4.78 is 11.8. The van der Waals surface area contributed by atoms with Crippen molar-refractivity contribution in [1.82, 2.24) is 0 Å². The highest BCUT2D eigenvalue weighted by Crippen LogP contribution is 2.22. The summed E-state index contributed by atoms with van der Waals surface area (Å²) in [4.78, 5) is 0. The molecule has 2 heteroatoms. The zero-order chi connectivity index (χ0) is 20.4. The van der Waals surface area contributed by atoms with E-state index in [0.717, 1.165) is 37.6 Å². The summed E-state index contributed by atoms with van der Waals surface area (Å²) in [7, 11) is 0. The fourth-order valence-electron chi connectivity index (χ4n) is 3.81. The van der Waals surface area contributed by atoms with Crippen LogP contribution in [0.25, 0.3) is 21.5 Å². The van der Waals surface area contributed by atoms with Gasteiger partial charge in [-0.25, -0.2) is 0 Å². The molecule has 154 valence electrons. The maximum atomic E-state index is 5.92. The highest BCUT2D eigenvalue weighted by molar-refractivity contribution is 5.84. The first-order valence-corrected chi connectivity index (χ1v) is 11.1. The van der Waals surface area contributed by atoms with Crippen LogP contribution in [0.5, 0.6) is 11.5 Å². The predicted molar refractivity (Wildman–Crippen MR) is 127 cm³/mol. The maximum absolute atomic E-state index is 5.92. The van der Waals surface area contributed by atoms with Gasteiger partial charge in [-0.3, -0.25) is 0 Å². The van der Waals surface area contributed by atoms with Gasteiger partial charge in [0.15, 0.2) is 0 Å². The molecule has 0 saturated heterocycles. The van der Waals surface area contributed by atoms with Crippen LogP contribution in [0.1, 0.15) is 38.5 Å². The molecule has 4 aromatic rings. The Balaban J connectivity index is 1.05. The molecule has 0 amide bonds. The number of fused-ring (bicyclic) bond motifs is 2. The van der Waals surface area contributed by atoms with Crippen LogP contribution in [0.15, 0.2) is 84.9 Å². The van der Waals surface area contributed by atoms with E-state index in [1.165, 1.54) is 47.2 Å². The van der Waals surface area contributed by atoms with Crippen molar-refractivity contribution in [2.75, 3.05) is 13.2 Å². The average molecular weight is 399 g/mol. The van der Waals surface area contributed by atoms with Gasteiger partial charge in [-0.15, -0.1) is 0 Å². The lowest BCUT2D eigenvalue weighted by Gasteiger charge is -2.08. The van der Waals surface area contributed by atoms with Crippen molar-refractivity contribution in [3.8, 4) is 11.5 Å². The Bertz CT molecular complexity index is 983. The zero-order valence-corrected chi connectivity index (χ0v) is 17.6. The van der Waals surface area contributed by atoms with E-state index in [9.17, 15) is 0 Å². The van der Waals surface area contributed by atoms with E-state index in [4.69, 9.17) is 9.47 Å². The lowest BCUT2D eigenvalue weighted by Crippen LogP contribution is -1.98. The molecule has 0 atom stereocenters. The van der Waals surface area contributed by atoms with Crippen molar-refractivity contribution in [2.45, 2.75) is 38.5 Å². The fraction of sp³-hybridized carbons (Fsp3) is 0.286. The smallest absolute Gasteiger partial charge is 0.119 e. The first-order chi connectivity index (χ1) is 14.9. The Kier molecular flexibility index (Phi) is 7.22. The lowest BCUT2D eigenvalue weighted by molar-refractivity contribution is 0.297. The van der Waals surface area contributed by atoms with Gasteiger partial charge < -0.3 is 9.47 Å². The van der Waals surface area contributed by atoms with Crippen LogP contribution >= 0.6 is 0 Å². The molecule has 0 aliphatic carbocycles. The molecule has 0 aliphatic heterocycles. The molecule has 0 fully saturated rings. The quantitative estimate of drug-likeness (QED) is 0.240. The average Bonchev–Trinajstić information content (AvgIpc) is 2.80. The van der Waals surface area contributed by atoms with Gasteiger partial charge in [0.25, 0.3) is 0 Å². The van der Waals surface area contributed by atoms with E-state index in [0.29, 0.717) is 0 Å². The van der Waals surface area contributed by atoms with E-state index in [2.05, 4.69) is 84.9 Å². The topological polar surface area (TPSA) is 18.5 Å². The minimum Gasteiger partial charge on any atom is -0.494 e. The van der Waals surface area contributed by atoms with Crippen LogP contribution in [-0.2, 0) is 0 Å². The molecule has 0 bridgehead atoms. The number of benzene rings is 4. The Morgan fingerprint density at radius 2 is 0.800 bits per heavy atom. The number of hydrogen-bond acceptors (Lipinski definition) is 2. The predicted octanol–water partition coefficient (Wildman–Crippen LogP) is 7.79. The molecule has 0 radical (unpaired) electrons. The van der Waals surface area contributed by atoms with Gasteiger partial charge >= 0.3 is 0 Å². The molecule has 4 rings (SSSR count). The molecule has 0 spiro atoms. The molecule has 0 aliphatic rings. The van der Waals surface area contributed by atoms with Gasteiger partial charge in [0.1, 0.15) is 11.5 Å². The minimum atomic E-state index is 0.795. The Morgan fingerprint density at radius 1 is 0.400 bits per heavy atom. The van der Waals surface area contributed by atoms with Crippen LogP contribution in [-0.4, -0.2) is 13.2 Å². The number of hydrogen-bond donors (Lipinski definition) is 0. The molecule has 0 unspecified atom stereocenters. The molecule has 2 nitrogen and oxygen atoms in total. The van der Waals surface area contributed by atoms with Crippen LogP contribution in [0, 0.1) is 0 Å². The summed E-state index contributed by atoms with van der Waals surface area (Å²) in [5, 5.41) is 4.99. The third-order valence-corrected chi connectivity index (χ3v) is 5.52.